The Bertz CT molecular complexity index is 1240. The van der Waals surface area contributed by atoms with Crippen molar-refractivity contribution in [2.45, 2.75) is 63.8 Å². The van der Waals surface area contributed by atoms with E-state index >= 15 is 0 Å². The fourth-order valence-electron chi connectivity index (χ4n) is 4.75. The molecule has 2 aliphatic rings. The maximum Gasteiger partial charge on any atom is 0.338 e. The molecule has 9 nitrogen and oxygen atoms in total. The Morgan fingerprint density at radius 3 is 2.58 bits per heavy atom. The predicted octanol–water partition coefficient (Wildman–Crippen LogP) is 4.91. The lowest BCUT2D eigenvalue weighted by molar-refractivity contribution is -0.152. The maximum absolute atomic E-state index is 13.5. The van der Waals surface area contributed by atoms with E-state index in [0.29, 0.717) is 41.0 Å². The zero-order valence-electron chi connectivity index (χ0n) is 23.5. The quantitative estimate of drug-likeness (QED) is 0.307. The fourth-order valence-corrected chi connectivity index (χ4v) is 4.75. The molecule has 2 aromatic carbocycles. The van der Waals surface area contributed by atoms with Crippen LogP contribution in [0.4, 0.5) is 0 Å². The van der Waals surface area contributed by atoms with E-state index in [4.69, 9.17) is 28.4 Å². The van der Waals surface area contributed by atoms with Gasteiger partial charge in [0.1, 0.15) is 23.7 Å². The molecule has 1 saturated heterocycles. The van der Waals surface area contributed by atoms with Gasteiger partial charge in [-0.25, -0.2) is 4.79 Å². The minimum Gasteiger partial charge on any atom is -0.497 e. The zero-order valence-corrected chi connectivity index (χ0v) is 23.5. The summed E-state index contributed by atoms with van der Waals surface area (Å²) in [5.41, 5.74) is 1.43. The number of benzene rings is 2. The summed E-state index contributed by atoms with van der Waals surface area (Å²) in [7, 11) is 3.07. The molecule has 4 rings (SSSR count). The van der Waals surface area contributed by atoms with Gasteiger partial charge in [-0.3, -0.25) is 4.79 Å². The predicted molar refractivity (Wildman–Crippen MR) is 149 cm³/mol. The largest absolute Gasteiger partial charge is 0.497 e. The van der Waals surface area contributed by atoms with Gasteiger partial charge < -0.3 is 33.7 Å². The maximum atomic E-state index is 13.5. The highest BCUT2D eigenvalue weighted by atomic mass is 16.8. The topological polar surface area (TPSA) is 102 Å². The second-order valence-corrected chi connectivity index (χ2v) is 10.2. The third-order valence-electron chi connectivity index (χ3n) is 6.56. The summed E-state index contributed by atoms with van der Waals surface area (Å²) in [4.78, 5) is 26.5. The number of ether oxygens (including phenoxy) is 6. The lowest BCUT2D eigenvalue weighted by Gasteiger charge is -2.25. The Balaban J connectivity index is 1.70. The molecule has 2 aliphatic heterocycles. The van der Waals surface area contributed by atoms with Crippen molar-refractivity contribution in [1.82, 2.24) is 5.32 Å². The average Bonchev–Trinajstić information content (AvgIpc) is 3.24. The van der Waals surface area contributed by atoms with Crippen molar-refractivity contribution in [3.05, 3.63) is 77.4 Å². The van der Waals surface area contributed by atoms with Crippen LogP contribution < -0.4 is 14.8 Å². The van der Waals surface area contributed by atoms with Gasteiger partial charge in [0.2, 0.25) is 0 Å². The molecule has 0 radical (unpaired) electrons. The molecule has 1 N–H and O–H groups in total. The Morgan fingerprint density at radius 2 is 1.85 bits per heavy atom. The average molecular weight is 552 g/mol. The first-order valence-electron chi connectivity index (χ1n) is 13.3. The molecule has 214 valence electrons. The molecule has 2 aromatic rings. The van der Waals surface area contributed by atoms with Gasteiger partial charge >= 0.3 is 5.97 Å². The van der Waals surface area contributed by atoms with Crippen LogP contribution in [0.15, 0.2) is 60.7 Å². The van der Waals surface area contributed by atoms with E-state index in [9.17, 15) is 9.59 Å². The summed E-state index contributed by atoms with van der Waals surface area (Å²) in [5, 5.41) is 3.04. The van der Waals surface area contributed by atoms with Gasteiger partial charge in [0.15, 0.2) is 12.6 Å². The summed E-state index contributed by atoms with van der Waals surface area (Å²) in [5.74, 6) is -0.745. The van der Waals surface area contributed by atoms with Crippen molar-refractivity contribution in [2.24, 2.45) is 0 Å². The molecule has 9 heteroatoms. The molecule has 1 amide bonds. The molecule has 0 saturated carbocycles. The molecular formula is C31H37NO8. The summed E-state index contributed by atoms with van der Waals surface area (Å²) in [6.07, 6.45) is 6.68. The van der Waals surface area contributed by atoms with Crippen LogP contribution in [-0.4, -0.2) is 63.0 Å². The highest BCUT2D eigenvalue weighted by Crippen LogP contribution is 2.35. The van der Waals surface area contributed by atoms with Crippen molar-refractivity contribution in [3.63, 3.8) is 0 Å². The summed E-state index contributed by atoms with van der Waals surface area (Å²) in [6, 6.07) is 12.0. The number of nitrogens with one attached hydrogen (secondary N) is 1. The summed E-state index contributed by atoms with van der Waals surface area (Å²) < 4.78 is 34.8. The molecule has 0 aromatic heterocycles. The zero-order chi connectivity index (χ0) is 28.7. The number of esters is 1. The smallest absolute Gasteiger partial charge is 0.338 e. The van der Waals surface area contributed by atoms with Crippen molar-refractivity contribution < 1.29 is 38.0 Å². The van der Waals surface area contributed by atoms with Crippen LogP contribution in [0.5, 0.6) is 11.5 Å². The van der Waals surface area contributed by atoms with Crippen LogP contribution >= 0.6 is 0 Å². The molecule has 2 unspecified atom stereocenters. The van der Waals surface area contributed by atoms with Crippen molar-refractivity contribution in [3.8, 4) is 11.5 Å². The fraction of sp³-hybridized carbons (Fsp3) is 0.419. The lowest BCUT2D eigenvalue weighted by atomic mass is 10.00. The SMILES string of the molecule is COCOc1cc(OC)cc2c1C(=O)N[C@@H](C)C/C=C\C(OC(=O)c1ccccc1)[C@H]1OC(C)(C)OC1C/C=C/2. The summed E-state index contributed by atoms with van der Waals surface area (Å²) >= 11 is 0. The standard InChI is InChI=1S/C31H37NO8/c1-20-11-9-15-24(38-30(34)21-12-7-6-8-13-21)28-25(39-31(2,3)40-28)16-10-14-22-17-23(36-5)18-26(37-19-35-4)27(22)29(33)32-20/h6-10,12-15,17-18,20,24-25,28H,11,16,19H2,1-5H3,(H,32,33)/b14-10+,15-9-/t20-,24?,25?,28+/m0/s1. The number of carbonyl (C=O) groups is 2. The molecule has 4 atom stereocenters. The molecule has 40 heavy (non-hydrogen) atoms. The van der Waals surface area contributed by atoms with E-state index in [1.807, 2.05) is 51.1 Å². The normalized spacial score (nSPS) is 25.9. The first kappa shape index (κ1) is 29.3. The van der Waals surface area contributed by atoms with E-state index in [2.05, 4.69) is 5.32 Å². The first-order valence-corrected chi connectivity index (χ1v) is 13.3. The monoisotopic (exact) mass is 551 g/mol. The molecule has 2 heterocycles. The van der Waals surface area contributed by atoms with Gasteiger partial charge in [0.25, 0.3) is 5.91 Å². The Labute approximate surface area is 235 Å². The number of rotatable bonds is 6. The Kier molecular flexibility index (Phi) is 9.63. The van der Waals surface area contributed by atoms with Crippen LogP contribution in [0, 0.1) is 0 Å². The number of hydrogen-bond acceptors (Lipinski definition) is 8. The Morgan fingerprint density at radius 1 is 1.07 bits per heavy atom. The van der Waals surface area contributed by atoms with Gasteiger partial charge in [-0.05, 0) is 63.5 Å². The number of hydrogen-bond donors (Lipinski definition) is 1. The molecule has 0 bridgehead atoms. The molecule has 1 fully saturated rings. The van der Waals surface area contributed by atoms with E-state index in [0.717, 1.165) is 0 Å². The minimum absolute atomic E-state index is 0.0258. The second kappa shape index (κ2) is 13.1. The number of fused-ring (bicyclic) bond motifs is 2. The number of amides is 1. The highest BCUT2D eigenvalue weighted by Gasteiger charge is 2.45. The third-order valence-corrected chi connectivity index (χ3v) is 6.56. The second-order valence-electron chi connectivity index (χ2n) is 10.2. The van der Waals surface area contributed by atoms with E-state index in [-0.39, 0.29) is 18.7 Å². The van der Waals surface area contributed by atoms with Crippen molar-refractivity contribution >= 4 is 18.0 Å². The van der Waals surface area contributed by atoms with Gasteiger partial charge in [-0.2, -0.15) is 0 Å². The van der Waals surface area contributed by atoms with E-state index in [1.165, 1.54) is 7.11 Å². The molecule has 0 spiro atoms. The van der Waals surface area contributed by atoms with Crippen LogP contribution in [-0.2, 0) is 18.9 Å². The highest BCUT2D eigenvalue weighted by molar-refractivity contribution is 6.01. The number of carbonyl (C=O) groups excluding carboxylic acids is 2. The van der Waals surface area contributed by atoms with E-state index in [1.54, 1.807) is 43.5 Å². The van der Waals surface area contributed by atoms with Crippen molar-refractivity contribution in [2.75, 3.05) is 21.0 Å². The van der Waals surface area contributed by atoms with Crippen LogP contribution in [0.2, 0.25) is 0 Å². The van der Waals surface area contributed by atoms with Crippen molar-refractivity contribution in [1.29, 1.82) is 0 Å². The van der Waals surface area contributed by atoms with Crippen LogP contribution in [0.25, 0.3) is 6.08 Å². The van der Waals surface area contributed by atoms with Gasteiger partial charge in [0, 0.05) is 19.2 Å². The minimum atomic E-state index is -0.879. The van der Waals surface area contributed by atoms with E-state index < -0.39 is 30.1 Å². The number of methoxy groups -OCH3 is 2. The van der Waals surface area contributed by atoms with Gasteiger partial charge in [-0.1, -0.05) is 36.4 Å². The lowest BCUT2D eigenvalue weighted by Crippen LogP contribution is -2.38. The van der Waals surface area contributed by atoms with Crippen LogP contribution in [0.1, 0.15) is 59.9 Å². The Hall–Kier alpha value is -3.66. The summed E-state index contributed by atoms with van der Waals surface area (Å²) in [6.45, 7) is 5.54. The van der Waals surface area contributed by atoms with Crippen LogP contribution in [0.3, 0.4) is 0 Å². The molecule has 0 aliphatic carbocycles. The third kappa shape index (κ3) is 7.29. The van der Waals surface area contributed by atoms with Gasteiger partial charge in [-0.15, -0.1) is 0 Å². The first-order chi connectivity index (χ1) is 19.2. The van der Waals surface area contributed by atoms with Gasteiger partial charge in [0.05, 0.1) is 24.3 Å². The molecular weight excluding hydrogens is 514 g/mol.